The van der Waals surface area contributed by atoms with Gasteiger partial charge in [0, 0.05) is 18.8 Å². The van der Waals surface area contributed by atoms with Gasteiger partial charge in [-0.3, -0.25) is 15.1 Å². The average Bonchev–Trinajstić information content (AvgIpc) is 2.85. The summed E-state index contributed by atoms with van der Waals surface area (Å²) in [7, 11) is 0. The van der Waals surface area contributed by atoms with Crippen molar-refractivity contribution in [1.82, 2.24) is 20.2 Å². The molecule has 0 atom stereocenters. The van der Waals surface area contributed by atoms with E-state index < -0.39 is 0 Å². The van der Waals surface area contributed by atoms with Crippen LogP contribution in [-0.4, -0.2) is 26.1 Å². The van der Waals surface area contributed by atoms with E-state index in [-0.39, 0.29) is 11.6 Å². The summed E-state index contributed by atoms with van der Waals surface area (Å²) >= 11 is 1.39. The Labute approximate surface area is 109 Å². The van der Waals surface area contributed by atoms with Crippen molar-refractivity contribution in [2.45, 2.75) is 26.2 Å². The molecule has 0 saturated carbocycles. The Bertz CT molecular complexity index is 513. The monoisotopic (exact) mass is 263 g/mol. The van der Waals surface area contributed by atoms with E-state index in [4.69, 9.17) is 0 Å². The average molecular weight is 263 g/mol. The van der Waals surface area contributed by atoms with Gasteiger partial charge in [-0.05, 0) is 6.42 Å². The molecule has 0 unspecified atom stereocenters. The second kappa shape index (κ2) is 6.15. The first-order valence-corrected chi connectivity index (χ1v) is 6.51. The summed E-state index contributed by atoms with van der Waals surface area (Å²) in [5, 5.41) is 12.0. The van der Waals surface area contributed by atoms with Crippen molar-refractivity contribution in [2.24, 2.45) is 0 Å². The molecular formula is C11H13N5OS. The molecule has 0 saturated heterocycles. The molecule has 18 heavy (non-hydrogen) atoms. The van der Waals surface area contributed by atoms with Crippen molar-refractivity contribution in [1.29, 1.82) is 0 Å². The van der Waals surface area contributed by atoms with E-state index in [1.807, 2.05) is 0 Å². The van der Waals surface area contributed by atoms with Crippen molar-refractivity contribution in [3.63, 3.8) is 0 Å². The van der Waals surface area contributed by atoms with Gasteiger partial charge in [0.25, 0.3) is 5.91 Å². The van der Waals surface area contributed by atoms with Crippen molar-refractivity contribution in [2.75, 3.05) is 5.32 Å². The molecule has 2 heterocycles. The Hall–Kier alpha value is -1.89. The number of hydrogen-bond donors (Lipinski definition) is 1. The zero-order chi connectivity index (χ0) is 12.8. The zero-order valence-corrected chi connectivity index (χ0v) is 10.8. The molecule has 1 N–H and O–H groups in total. The number of aromatic nitrogens is 4. The number of aryl methyl sites for hydroxylation is 1. The lowest BCUT2D eigenvalue weighted by Gasteiger charge is -1.98. The molecule has 0 bridgehead atoms. The van der Waals surface area contributed by atoms with Crippen LogP contribution in [0.3, 0.4) is 0 Å². The molecule has 94 valence electrons. The topological polar surface area (TPSA) is 80.7 Å². The van der Waals surface area contributed by atoms with Crippen molar-refractivity contribution >= 4 is 22.4 Å². The largest absolute Gasteiger partial charge is 0.295 e. The third kappa shape index (κ3) is 3.30. The summed E-state index contributed by atoms with van der Waals surface area (Å²) in [6.45, 7) is 2.12. The lowest BCUT2D eigenvalue weighted by atomic mass is 10.3. The first-order chi connectivity index (χ1) is 8.79. The maximum atomic E-state index is 11.8. The number of nitrogens with zero attached hydrogens (tertiary/aromatic N) is 4. The highest BCUT2D eigenvalue weighted by Gasteiger charge is 2.10. The van der Waals surface area contributed by atoms with Gasteiger partial charge >= 0.3 is 0 Å². The van der Waals surface area contributed by atoms with E-state index in [1.165, 1.54) is 29.9 Å². The lowest BCUT2D eigenvalue weighted by molar-refractivity contribution is 0.102. The Balaban J connectivity index is 1.97. The van der Waals surface area contributed by atoms with Gasteiger partial charge in [0.2, 0.25) is 5.13 Å². The molecule has 2 aromatic rings. The van der Waals surface area contributed by atoms with Gasteiger partial charge in [-0.15, -0.1) is 10.2 Å². The van der Waals surface area contributed by atoms with E-state index in [0.717, 1.165) is 24.3 Å². The highest BCUT2D eigenvalue weighted by Crippen LogP contribution is 2.17. The Kier molecular flexibility index (Phi) is 4.30. The van der Waals surface area contributed by atoms with Crippen LogP contribution in [0.2, 0.25) is 0 Å². The van der Waals surface area contributed by atoms with Gasteiger partial charge in [-0.25, -0.2) is 4.98 Å². The smallest absolute Gasteiger partial charge is 0.277 e. The normalized spacial score (nSPS) is 10.3. The molecule has 0 aromatic carbocycles. The standard InChI is InChI=1S/C11H13N5OS/c1-2-3-4-9-15-16-11(18-9)14-10(17)8-7-12-5-6-13-8/h5-7H,2-4H2,1H3,(H,14,16,17). The number of amides is 1. The summed E-state index contributed by atoms with van der Waals surface area (Å²) in [5.74, 6) is -0.318. The van der Waals surface area contributed by atoms with Crippen LogP contribution in [0.1, 0.15) is 35.3 Å². The number of carbonyl (C=O) groups excluding carboxylic acids is 1. The molecule has 1 amide bonds. The van der Waals surface area contributed by atoms with Crippen LogP contribution >= 0.6 is 11.3 Å². The third-order valence-electron chi connectivity index (χ3n) is 2.23. The van der Waals surface area contributed by atoms with Crippen LogP contribution < -0.4 is 5.32 Å². The summed E-state index contributed by atoms with van der Waals surface area (Å²) < 4.78 is 0. The minimum atomic E-state index is -0.318. The van der Waals surface area contributed by atoms with E-state index in [0.29, 0.717) is 5.13 Å². The van der Waals surface area contributed by atoms with Crippen molar-refractivity contribution in [3.8, 4) is 0 Å². The van der Waals surface area contributed by atoms with Gasteiger partial charge in [0.15, 0.2) is 0 Å². The fraction of sp³-hybridized carbons (Fsp3) is 0.364. The van der Waals surface area contributed by atoms with Crippen LogP contribution in [0, 0.1) is 0 Å². The summed E-state index contributed by atoms with van der Waals surface area (Å²) in [5.41, 5.74) is 0.266. The van der Waals surface area contributed by atoms with Crippen LogP contribution in [0.5, 0.6) is 0 Å². The molecule has 2 rings (SSSR count). The molecular weight excluding hydrogens is 250 g/mol. The van der Waals surface area contributed by atoms with Gasteiger partial charge in [-0.1, -0.05) is 24.7 Å². The molecule has 7 heteroatoms. The molecule has 0 aliphatic carbocycles. The van der Waals surface area contributed by atoms with E-state index in [1.54, 1.807) is 0 Å². The SMILES string of the molecule is CCCCc1nnc(NC(=O)c2cnccn2)s1. The van der Waals surface area contributed by atoms with E-state index in [9.17, 15) is 4.79 Å². The Morgan fingerprint density at radius 1 is 1.39 bits per heavy atom. The molecule has 0 aliphatic rings. The number of hydrogen-bond acceptors (Lipinski definition) is 6. The van der Waals surface area contributed by atoms with E-state index in [2.05, 4.69) is 32.4 Å². The van der Waals surface area contributed by atoms with Crippen LogP contribution in [0.15, 0.2) is 18.6 Å². The molecule has 2 aromatic heterocycles. The fourth-order valence-electron chi connectivity index (χ4n) is 1.31. The van der Waals surface area contributed by atoms with Crippen molar-refractivity contribution < 1.29 is 4.79 Å². The van der Waals surface area contributed by atoms with Crippen LogP contribution in [-0.2, 0) is 6.42 Å². The highest BCUT2D eigenvalue weighted by molar-refractivity contribution is 7.15. The first-order valence-electron chi connectivity index (χ1n) is 5.69. The number of nitrogens with one attached hydrogen (secondary N) is 1. The van der Waals surface area contributed by atoms with Crippen LogP contribution in [0.25, 0.3) is 0 Å². The minimum absolute atomic E-state index is 0.266. The third-order valence-corrected chi connectivity index (χ3v) is 3.13. The predicted octanol–water partition coefficient (Wildman–Crippen LogP) is 1.92. The maximum Gasteiger partial charge on any atom is 0.277 e. The number of rotatable bonds is 5. The molecule has 6 nitrogen and oxygen atoms in total. The maximum absolute atomic E-state index is 11.8. The number of unbranched alkanes of at least 4 members (excludes halogenated alkanes) is 1. The number of anilines is 1. The summed E-state index contributed by atoms with van der Waals surface area (Å²) in [4.78, 5) is 19.5. The van der Waals surface area contributed by atoms with Gasteiger partial charge < -0.3 is 0 Å². The fourth-order valence-corrected chi connectivity index (χ4v) is 2.09. The molecule has 0 radical (unpaired) electrons. The molecule has 0 aliphatic heterocycles. The van der Waals surface area contributed by atoms with E-state index >= 15 is 0 Å². The minimum Gasteiger partial charge on any atom is -0.295 e. The van der Waals surface area contributed by atoms with Crippen LogP contribution in [0.4, 0.5) is 5.13 Å². The molecule has 0 spiro atoms. The summed E-state index contributed by atoms with van der Waals surface area (Å²) in [6.07, 6.45) is 7.49. The molecule has 0 fully saturated rings. The van der Waals surface area contributed by atoms with Gasteiger partial charge in [0.05, 0.1) is 6.20 Å². The highest BCUT2D eigenvalue weighted by atomic mass is 32.1. The van der Waals surface area contributed by atoms with Gasteiger partial charge in [0.1, 0.15) is 10.7 Å². The summed E-state index contributed by atoms with van der Waals surface area (Å²) in [6, 6.07) is 0. The second-order valence-electron chi connectivity index (χ2n) is 3.65. The second-order valence-corrected chi connectivity index (χ2v) is 4.71. The lowest BCUT2D eigenvalue weighted by Crippen LogP contribution is -2.13. The zero-order valence-electron chi connectivity index (χ0n) is 9.96. The van der Waals surface area contributed by atoms with Gasteiger partial charge in [-0.2, -0.15) is 0 Å². The quantitative estimate of drug-likeness (QED) is 0.891. The Morgan fingerprint density at radius 2 is 2.28 bits per heavy atom. The predicted molar refractivity (Wildman–Crippen MR) is 68.5 cm³/mol. The first kappa shape index (κ1) is 12.6. The van der Waals surface area contributed by atoms with Crippen molar-refractivity contribution in [3.05, 3.63) is 29.3 Å². The Morgan fingerprint density at radius 3 is 3.00 bits per heavy atom. The number of carbonyl (C=O) groups is 1.